The fourth-order valence-corrected chi connectivity index (χ4v) is 1.80. The molecule has 0 saturated carbocycles. The summed E-state index contributed by atoms with van der Waals surface area (Å²) >= 11 is 5.84. The summed E-state index contributed by atoms with van der Waals surface area (Å²) in [5.41, 5.74) is 4.29. The van der Waals surface area contributed by atoms with E-state index in [1.54, 1.807) is 0 Å². The summed E-state index contributed by atoms with van der Waals surface area (Å²) in [4.78, 5) is 4.40. The second-order valence-electron chi connectivity index (χ2n) is 3.21. The third-order valence-electron chi connectivity index (χ3n) is 2.19. The number of alkyl halides is 1. The lowest BCUT2D eigenvalue weighted by atomic mass is 10.3. The summed E-state index contributed by atoms with van der Waals surface area (Å²) in [6.45, 7) is 4.05. The third-order valence-corrected chi connectivity index (χ3v) is 2.45. The van der Waals surface area contributed by atoms with Crippen LogP contribution in [0.15, 0.2) is 18.3 Å². The van der Waals surface area contributed by atoms with Crippen LogP contribution in [0.3, 0.4) is 0 Å². The molecular formula is C10H12Cl2N2. The molecule has 0 aromatic carbocycles. The lowest BCUT2D eigenvalue weighted by molar-refractivity contribution is 1.06. The Bertz CT molecular complexity index is 449. The normalized spacial score (nSPS) is 10.2. The highest BCUT2D eigenvalue weighted by Gasteiger charge is 2.06. The van der Waals surface area contributed by atoms with Crippen molar-refractivity contribution in [2.45, 2.75) is 19.7 Å². The van der Waals surface area contributed by atoms with Gasteiger partial charge < -0.3 is 4.40 Å². The highest BCUT2D eigenvalue weighted by atomic mass is 35.5. The van der Waals surface area contributed by atoms with Crippen LogP contribution in [0.5, 0.6) is 0 Å². The zero-order valence-corrected chi connectivity index (χ0v) is 9.69. The van der Waals surface area contributed by atoms with Crippen LogP contribution in [0.25, 0.3) is 5.65 Å². The lowest BCUT2D eigenvalue weighted by Crippen LogP contribution is -1.91. The maximum atomic E-state index is 5.84. The van der Waals surface area contributed by atoms with Gasteiger partial charge in [-0.1, -0.05) is 6.07 Å². The van der Waals surface area contributed by atoms with E-state index in [9.17, 15) is 0 Å². The van der Waals surface area contributed by atoms with Gasteiger partial charge in [0.05, 0.1) is 17.3 Å². The molecule has 76 valence electrons. The average Bonchev–Trinajstić information content (AvgIpc) is 2.40. The van der Waals surface area contributed by atoms with Crippen LogP contribution in [-0.4, -0.2) is 9.38 Å². The highest BCUT2D eigenvalue weighted by Crippen LogP contribution is 2.14. The third kappa shape index (κ3) is 1.72. The molecule has 2 nitrogen and oxygen atoms in total. The number of fused-ring (bicyclic) bond motifs is 1. The fourth-order valence-electron chi connectivity index (χ4n) is 1.48. The van der Waals surface area contributed by atoms with Crippen LogP contribution >= 0.6 is 24.0 Å². The largest absolute Gasteiger partial charge is 0.302 e. The minimum atomic E-state index is 0. The number of rotatable bonds is 1. The van der Waals surface area contributed by atoms with Crippen LogP contribution in [0.4, 0.5) is 0 Å². The molecule has 0 aliphatic rings. The number of nitrogens with zero attached hydrogens (tertiary/aromatic N) is 2. The van der Waals surface area contributed by atoms with Crippen molar-refractivity contribution in [1.82, 2.24) is 9.38 Å². The van der Waals surface area contributed by atoms with E-state index in [0.29, 0.717) is 5.88 Å². The summed E-state index contributed by atoms with van der Waals surface area (Å²) in [6.07, 6.45) is 2.06. The molecule has 0 fully saturated rings. The molecule has 0 aliphatic carbocycles. The number of aryl methyl sites for hydroxylation is 2. The molecule has 0 radical (unpaired) electrons. The smallest absolute Gasteiger partial charge is 0.137 e. The molecule has 14 heavy (non-hydrogen) atoms. The Kier molecular flexibility index (Phi) is 3.40. The maximum Gasteiger partial charge on any atom is 0.137 e. The quantitative estimate of drug-likeness (QED) is 0.689. The van der Waals surface area contributed by atoms with Gasteiger partial charge in [-0.05, 0) is 25.5 Å². The Labute approximate surface area is 94.3 Å². The van der Waals surface area contributed by atoms with Crippen LogP contribution in [0.1, 0.15) is 17.0 Å². The standard InChI is InChI=1S/C10H11ClN2.ClH/c1-7-3-4-10-12-8(2)9(5-11)13(10)6-7;/h3-4,6H,5H2,1-2H3;1H. The summed E-state index contributed by atoms with van der Waals surface area (Å²) in [5.74, 6) is 0.510. The number of hydrogen-bond acceptors (Lipinski definition) is 1. The van der Waals surface area contributed by atoms with Crippen LogP contribution < -0.4 is 0 Å². The molecule has 0 atom stereocenters. The minimum Gasteiger partial charge on any atom is -0.302 e. The van der Waals surface area contributed by atoms with Crippen molar-refractivity contribution in [3.05, 3.63) is 35.3 Å². The van der Waals surface area contributed by atoms with Crippen molar-refractivity contribution in [2.75, 3.05) is 0 Å². The van der Waals surface area contributed by atoms with Gasteiger partial charge in [0.15, 0.2) is 0 Å². The molecule has 0 N–H and O–H groups in total. The van der Waals surface area contributed by atoms with E-state index >= 15 is 0 Å². The lowest BCUT2D eigenvalue weighted by Gasteiger charge is -1.99. The molecule has 2 aromatic rings. The Morgan fingerprint density at radius 3 is 2.71 bits per heavy atom. The SMILES string of the molecule is Cc1ccc2nc(C)c(CCl)n2c1.Cl. The van der Waals surface area contributed by atoms with E-state index in [4.69, 9.17) is 11.6 Å². The number of halogens is 2. The molecule has 2 heterocycles. The monoisotopic (exact) mass is 230 g/mol. The molecule has 0 saturated heterocycles. The van der Waals surface area contributed by atoms with Gasteiger partial charge in [-0.3, -0.25) is 0 Å². The van der Waals surface area contributed by atoms with Gasteiger partial charge in [0.25, 0.3) is 0 Å². The number of aromatic nitrogens is 2. The average molecular weight is 231 g/mol. The van der Waals surface area contributed by atoms with E-state index in [0.717, 1.165) is 17.0 Å². The highest BCUT2D eigenvalue weighted by molar-refractivity contribution is 6.17. The maximum absolute atomic E-state index is 5.84. The van der Waals surface area contributed by atoms with Crippen LogP contribution in [0.2, 0.25) is 0 Å². The van der Waals surface area contributed by atoms with Crippen molar-refractivity contribution in [3.63, 3.8) is 0 Å². The van der Waals surface area contributed by atoms with Gasteiger partial charge in [-0.2, -0.15) is 0 Å². The van der Waals surface area contributed by atoms with Crippen molar-refractivity contribution in [1.29, 1.82) is 0 Å². The van der Waals surface area contributed by atoms with Gasteiger partial charge >= 0.3 is 0 Å². The summed E-state index contributed by atoms with van der Waals surface area (Å²) in [5, 5.41) is 0. The fraction of sp³-hybridized carbons (Fsp3) is 0.300. The Morgan fingerprint density at radius 1 is 1.36 bits per heavy atom. The topological polar surface area (TPSA) is 17.3 Å². The van der Waals surface area contributed by atoms with E-state index in [-0.39, 0.29) is 12.4 Å². The first-order chi connectivity index (χ1) is 6.22. The number of hydrogen-bond donors (Lipinski definition) is 0. The van der Waals surface area contributed by atoms with Gasteiger partial charge in [0.2, 0.25) is 0 Å². The van der Waals surface area contributed by atoms with E-state index in [1.807, 2.05) is 13.0 Å². The Hall–Kier alpha value is -0.730. The molecule has 0 amide bonds. The van der Waals surface area contributed by atoms with Gasteiger partial charge in [-0.25, -0.2) is 4.98 Å². The molecule has 4 heteroatoms. The van der Waals surface area contributed by atoms with Crippen LogP contribution in [0, 0.1) is 13.8 Å². The zero-order chi connectivity index (χ0) is 9.42. The first-order valence-corrected chi connectivity index (χ1v) is 4.76. The van der Waals surface area contributed by atoms with Crippen molar-refractivity contribution in [3.8, 4) is 0 Å². The van der Waals surface area contributed by atoms with Gasteiger partial charge in [-0.15, -0.1) is 24.0 Å². The van der Waals surface area contributed by atoms with E-state index < -0.39 is 0 Å². The Balaban J connectivity index is 0.000000980. The Morgan fingerprint density at radius 2 is 2.07 bits per heavy atom. The first-order valence-electron chi connectivity index (χ1n) is 4.22. The second kappa shape index (κ2) is 4.20. The second-order valence-corrected chi connectivity index (χ2v) is 3.48. The predicted molar refractivity (Wildman–Crippen MR) is 61.5 cm³/mol. The molecular weight excluding hydrogens is 219 g/mol. The minimum absolute atomic E-state index is 0. The van der Waals surface area contributed by atoms with Gasteiger partial charge in [0, 0.05) is 6.20 Å². The molecule has 0 unspecified atom stereocenters. The van der Waals surface area contributed by atoms with Gasteiger partial charge in [0.1, 0.15) is 5.65 Å². The van der Waals surface area contributed by atoms with Crippen molar-refractivity contribution >= 4 is 29.7 Å². The molecule has 0 aliphatic heterocycles. The summed E-state index contributed by atoms with van der Waals surface area (Å²) < 4.78 is 2.05. The first kappa shape index (κ1) is 11.3. The molecule has 0 spiro atoms. The molecule has 2 rings (SSSR count). The zero-order valence-electron chi connectivity index (χ0n) is 8.12. The van der Waals surface area contributed by atoms with Crippen molar-refractivity contribution < 1.29 is 0 Å². The van der Waals surface area contributed by atoms with E-state index in [1.165, 1.54) is 5.56 Å². The summed E-state index contributed by atoms with van der Waals surface area (Å²) in [6, 6.07) is 4.07. The number of pyridine rings is 1. The summed E-state index contributed by atoms with van der Waals surface area (Å²) in [7, 11) is 0. The number of imidazole rings is 1. The predicted octanol–water partition coefficient (Wildman–Crippen LogP) is 3.11. The van der Waals surface area contributed by atoms with Crippen LogP contribution in [-0.2, 0) is 5.88 Å². The van der Waals surface area contributed by atoms with E-state index in [2.05, 4.69) is 28.6 Å². The van der Waals surface area contributed by atoms with Crippen molar-refractivity contribution in [2.24, 2.45) is 0 Å². The molecule has 2 aromatic heterocycles. The molecule has 0 bridgehead atoms.